The van der Waals surface area contributed by atoms with E-state index in [0.717, 1.165) is 5.56 Å². The lowest BCUT2D eigenvalue weighted by Crippen LogP contribution is -2.32. The maximum Gasteiger partial charge on any atom is 0.320 e. The molecule has 0 fully saturated rings. The van der Waals surface area contributed by atoms with Gasteiger partial charge in [0.1, 0.15) is 11.8 Å². The second-order valence-electron chi connectivity index (χ2n) is 5.02. The van der Waals surface area contributed by atoms with E-state index < -0.39 is 12.0 Å². The summed E-state index contributed by atoms with van der Waals surface area (Å²) >= 11 is 0. The number of pyridine rings is 1. The fraction of sp³-hybridized carbons (Fsp3) is 0.250. The van der Waals surface area contributed by atoms with Crippen LogP contribution in [-0.4, -0.2) is 28.8 Å². The number of aliphatic carboxylic acids is 1. The van der Waals surface area contributed by atoms with Crippen LogP contribution in [0, 0.1) is 0 Å². The van der Waals surface area contributed by atoms with Crippen LogP contribution in [0.4, 0.5) is 0 Å². The smallest absolute Gasteiger partial charge is 0.320 e. The van der Waals surface area contributed by atoms with Crippen LogP contribution >= 0.6 is 0 Å². The van der Waals surface area contributed by atoms with Crippen LogP contribution in [0.5, 0.6) is 5.75 Å². The van der Waals surface area contributed by atoms with Gasteiger partial charge in [-0.05, 0) is 23.6 Å². The van der Waals surface area contributed by atoms with Crippen molar-refractivity contribution in [3.63, 3.8) is 0 Å². The number of aryl methyl sites for hydroxylation is 1. The van der Waals surface area contributed by atoms with E-state index in [9.17, 15) is 9.59 Å². The summed E-state index contributed by atoms with van der Waals surface area (Å²) in [5.74, 6) is -0.541. The van der Waals surface area contributed by atoms with E-state index in [1.807, 2.05) is 0 Å². The lowest BCUT2D eigenvalue weighted by atomic mass is 10.0. The quantitative estimate of drug-likeness (QED) is 0.859. The molecule has 3 N–H and O–H groups in total. The van der Waals surface area contributed by atoms with Crippen molar-refractivity contribution in [3.8, 4) is 16.9 Å². The van der Waals surface area contributed by atoms with E-state index in [1.165, 1.54) is 11.7 Å². The first kappa shape index (κ1) is 15.8. The highest BCUT2D eigenvalue weighted by Gasteiger charge is 2.14. The zero-order chi connectivity index (χ0) is 16.3. The van der Waals surface area contributed by atoms with Crippen molar-refractivity contribution < 1.29 is 14.6 Å². The summed E-state index contributed by atoms with van der Waals surface area (Å²) in [7, 11) is 3.18. The highest BCUT2D eigenvalue weighted by molar-refractivity contribution is 5.74. The van der Waals surface area contributed by atoms with Gasteiger partial charge in [-0.2, -0.15) is 0 Å². The van der Waals surface area contributed by atoms with E-state index in [-0.39, 0.29) is 12.0 Å². The molecule has 116 valence electrons. The van der Waals surface area contributed by atoms with E-state index in [0.29, 0.717) is 16.9 Å². The molecule has 0 amide bonds. The number of rotatable bonds is 5. The Labute approximate surface area is 127 Å². The van der Waals surface area contributed by atoms with Gasteiger partial charge in [-0.1, -0.05) is 24.3 Å². The van der Waals surface area contributed by atoms with Gasteiger partial charge in [-0.25, -0.2) is 0 Å². The number of carboxylic acids is 1. The molecule has 0 saturated heterocycles. The molecule has 0 aliphatic carbocycles. The van der Waals surface area contributed by atoms with Crippen LogP contribution in [0.25, 0.3) is 11.1 Å². The Hall–Kier alpha value is -2.60. The first-order valence-electron chi connectivity index (χ1n) is 6.75. The number of nitrogens with zero attached hydrogens (tertiary/aromatic N) is 1. The second kappa shape index (κ2) is 6.44. The molecule has 22 heavy (non-hydrogen) atoms. The summed E-state index contributed by atoms with van der Waals surface area (Å²) in [4.78, 5) is 23.1. The summed E-state index contributed by atoms with van der Waals surface area (Å²) in [6, 6.07) is 7.86. The minimum Gasteiger partial charge on any atom is -0.496 e. The Morgan fingerprint density at radius 1 is 1.32 bits per heavy atom. The average molecular weight is 302 g/mol. The lowest BCUT2D eigenvalue weighted by Gasteiger charge is -2.11. The van der Waals surface area contributed by atoms with Gasteiger partial charge in [0.15, 0.2) is 0 Å². The zero-order valence-electron chi connectivity index (χ0n) is 12.4. The third-order valence-electron chi connectivity index (χ3n) is 3.47. The Morgan fingerprint density at radius 3 is 2.50 bits per heavy atom. The van der Waals surface area contributed by atoms with Crippen molar-refractivity contribution in [1.82, 2.24) is 4.57 Å². The summed E-state index contributed by atoms with van der Waals surface area (Å²) in [6.07, 6.45) is 1.88. The second-order valence-corrected chi connectivity index (χ2v) is 5.02. The van der Waals surface area contributed by atoms with Crippen LogP contribution < -0.4 is 16.0 Å². The van der Waals surface area contributed by atoms with Crippen molar-refractivity contribution >= 4 is 5.97 Å². The molecule has 6 heteroatoms. The van der Waals surface area contributed by atoms with Gasteiger partial charge < -0.3 is 20.1 Å². The van der Waals surface area contributed by atoms with E-state index in [4.69, 9.17) is 15.6 Å². The normalized spacial score (nSPS) is 12.0. The Balaban J connectivity index is 2.38. The number of benzene rings is 1. The minimum atomic E-state index is -1.04. The third-order valence-corrected chi connectivity index (χ3v) is 3.47. The molecular formula is C16H18N2O4. The van der Waals surface area contributed by atoms with Crippen LogP contribution in [-0.2, 0) is 18.3 Å². The maximum atomic E-state index is 12.3. The molecule has 1 atom stereocenters. The van der Waals surface area contributed by atoms with E-state index in [2.05, 4.69) is 0 Å². The van der Waals surface area contributed by atoms with Crippen LogP contribution in [0.2, 0.25) is 0 Å². The number of aromatic nitrogens is 1. The SMILES string of the molecule is COc1ccn(C)c(=O)c1-c1ccc(C[C@H](N)C(=O)O)cc1. The molecule has 1 heterocycles. The zero-order valence-corrected chi connectivity index (χ0v) is 12.4. The van der Waals surface area contributed by atoms with E-state index >= 15 is 0 Å². The number of nitrogens with two attached hydrogens (primary N) is 1. The van der Waals surface area contributed by atoms with Gasteiger partial charge in [0.25, 0.3) is 5.56 Å². The standard InChI is InChI=1S/C16H18N2O4/c1-18-8-7-13(22-2)14(15(18)19)11-5-3-10(4-6-11)9-12(17)16(20)21/h3-8,12H,9,17H2,1-2H3,(H,20,21)/t12-/m0/s1. The molecule has 0 radical (unpaired) electrons. The molecule has 0 aliphatic heterocycles. The lowest BCUT2D eigenvalue weighted by molar-refractivity contribution is -0.138. The van der Waals surface area contributed by atoms with E-state index in [1.54, 1.807) is 43.6 Å². The van der Waals surface area contributed by atoms with Gasteiger partial charge in [0.2, 0.25) is 0 Å². The fourth-order valence-electron chi connectivity index (χ4n) is 2.20. The fourth-order valence-corrected chi connectivity index (χ4v) is 2.20. The minimum absolute atomic E-state index is 0.158. The molecule has 6 nitrogen and oxygen atoms in total. The first-order chi connectivity index (χ1) is 10.4. The Kier molecular flexibility index (Phi) is 4.62. The molecule has 0 bridgehead atoms. The molecule has 0 unspecified atom stereocenters. The predicted octanol–water partition coefficient (Wildman–Crippen LogP) is 1.02. The molecule has 1 aromatic carbocycles. The molecule has 2 rings (SSSR count). The molecule has 0 spiro atoms. The molecule has 2 aromatic rings. The summed E-state index contributed by atoms with van der Waals surface area (Å²) in [6.45, 7) is 0. The van der Waals surface area contributed by atoms with Gasteiger partial charge >= 0.3 is 5.97 Å². The van der Waals surface area contributed by atoms with Crippen molar-refractivity contribution in [3.05, 3.63) is 52.4 Å². The highest BCUT2D eigenvalue weighted by Crippen LogP contribution is 2.26. The molecular weight excluding hydrogens is 284 g/mol. The monoisotopic (exact) mass is 302 g/mol. The number of methoxy groups -OCH3 is 1. The van der Waals surface area contributed by atoms with Crippen molar-refractivity contribution in [2.45, 2.75) is 12.5 Å². The number of carbonyl (C=O) groups is 1. The number of hydrogen-bond donors (Lipinski definition) is 2. The number of ether oxygens (including phenoxy) is 1. The predicted molar refractivity (Wildman–Crippen MR) is 83.0 cm³/mol. The van der Waals surface area contributed by atoms with Crippen molar-refractivity contribution in [2.24, 2.45) is 12.8 Å². The van der Waals surface area contributed by atoms with Crippen LogP contribution in [0.3, 0.4) is 0 Å². The Morgan fingerprint density at radius 2 is 1.95 bits per heavy atom. The number of hydrogen-bond acceptors (Lipinski definition) is 4. The first-order valence-corrected chi connectivity index (χ1v) is 6.75. The largest absolute Gasteiger partial charge is 0.496 e. The number of carboxylic acid groups (broad SMARTS) is 1. The van der Waals surface area contributed by atoms with Gasteiger partial charge in [-0.15, -0.1) is 0 Å². The van der Waals surface area contributed by atoms with Gasteiger partial charge in [0, 0.05) is 13.2 Å². The van der Waals surface area contributed by atoms with Gasteiger partial charge in [0.05, 0.1) is 12.7 Å². The summed E-state index contributed by atoms with van der Waals surface area (Å²) < 4.78 is 6.73. The van der Waals surface area contributed by atoms with Crippen LogP contribution in [0.1, 0.15) is 5.56 Å². The van der Waals surface area contributed by atoms with Gasteiger partial charge in [-0.3, -0.25) is 9.59 Å². The van der Waals surface area contributed by atoms with Crippen molar-refractivity contribution in [2.75, 3.05) is 7.11 Å². The van der Waals surface area contributed by atoms with Crippen LogP contribution in [0.15, 0.2) is 41.3 Å². The molecule has 1 aromatic heterocycles. The molecule has 0 saturated carbocycles. The summed E-state index contributed by atoms with van der Waals surface area (Å²) in [5.41, 5.74) is 7.34. The summed E-state index contributed by atoms with van der Waals surface area (Å²) in [5, 5.41) is 8.83. The molecule has 0 aliphatic rings. The third kappa shape index (κ3) is 3.17. The topological polar surface area (TPSA) is 94.5 Å². The van der Waals surface area contributed by atoms with Crippen molar-refractivity contribution in [1.29, 1.82) is 0 Å². The highest BCUT2D eigenvalue weighted by atomic mass is 16.5. The maximum absolute atomic E-state index is 12.3. The Bertz CT molecular complexity index is 735. The average Bonchev–Trinajstić information content (AvgIpc) is 2.50.